The first-order valence-electron chi connectivity index (χ1n) is 12.3. The van der Waals surface area contributed by atoms with E-state index in [1.165, 1.54) is 11.8 Å². The van der Waals surface area contributed by atoms with Gasteiger partial charge in [-0.3, -0.25) is 14.5 Å². The number of anilines is 2. The second-order valence-electron chi connectivity index (χ2n) is 9.00. The summed E-state index contributed by atoms with van der Waals surface area (Å²) in [4.78, 5) is 31.7. The van der Waals surface area contributed by atoms with Crippen molar-refractivity contribution in [1.29, 1.82) is 0 Å². The Bertz CT molecular complexity index is 1660. The van der Waals surface area contributed by atoms with Gasteiger partial charge in [0, 0.05) is 18.3 Å². The van der Waals surface area contributed by atoms with Crippen molar-refractivity contribution < 1.29 is 18.7 Å². The molecule has 1 aliphatic heterocycles. The highest BCUT2D eigenvalue weighted by Gasteiger charge is 2.32. The van der Waals surface area contributed by atoms with Crippen LogP contribution in [0.2, 0.25) is 0 Å². The topological polar surface area (TPSA) is 115 Å². The predicted molar refractivity (Wildman–Crippen MR) is 148 cm³/mol. The Morgan fingerprint density at radius 1 is 1.08 bits per heavy atom. The lowest BCUT2D eigenvalue weighted by Gasteiger charge is -2.33. The molecule has 1 aliphatic rings. The summed E-state index contributed by atoms with van der Waals surface area (Å²) >= 11 is 1.27. The fraction of sp³-hybridized carbons (Fsp3) is 0.179. The number of nitrogens with zero attached hydrogens (tertiary/aromatic N) is 5. The Labute approximate surface area is 228 Å². The van der Waals surface area contributed by atoms with E-state index >= 15 is 0 Å². The number of ether oxygens (including phenoxy) is 1. The second kappa shape index (κ2) is 10.3. The molecule has 0 saturated carbocycles. The number of benzene rings is 3. The molecule has 0 unspecified atom stereocenters. The zero-order valence-electron chi connectivity index (χ0n) is 21.2. The molecule has 0 bridgehead atoms. The summed E-state index contributed by atoms with van der Waals surface area (Å²) in [5.41, 5.74) is 3.58. The number of oxazole rings is 1. The van der Waals surface area contributed by atoms with Gasteiger partial charge in [-0.15, -0.1) is 10.2 Å². The molecule has 39 heavy (non-hydrogen) atoms. The summed E-state index contributed by atoms with van der Waals surface area (Å²) < 4.78 is 13.2. The molecule has 3 aromatic carbocycles. The third-order valence-corrected chi connectivity index (χ3v) is 7.41. The molecule has 196 valence electrons. The minimum Gasteiger partial charge on any atom is -0.482 e. The Hall–Kier alpha value is -4.64. The van der Waals surface area contributed by atoms with Crippen LogP contribution in [0.15, 0.2) is 82.4 Å². The molecule has 11 heteroatoms. The van der Waals surface area contributed by atoms with Gasteiger partial charge in [0.05, 0.1) is 17.5 Å². The van der Waals surface area contributed by atoms with Gasteiger partial charge in [0.25, 0.3) is 5.91 Å². The molecule has 2 aromatic heterocycles. The van der Waals surface area contributed by atoms with Gasteiger partial charge < -0.3 is 19.0 Å². The molecule has 1 atom stereocenters. The van der Waals surface area contributed by atoms with Crippen LogP contribution in [0.4, 0.5) is 11.4 Å². The van der Waals surface area contributed by atoms with Crippen molar-refractivity contribution in [3.8, 4) is 17.2 Å². The van der Waals surface area contributed by atoms with Gasteiger partial charge in [0.2, 0.25) is 11.8 Å². The molecular weight excluding hydrogens is 516 g/mol. The number of rotatable bonds is 7. The summed E-state index contributed by atoms with van der Waals surface area (Å²) in [5, 5.41) is 12.1. The maximum absolute atomic E-state index is 12.8. The molecule has 0 spiro atoms. The van der Waals surface area contributed by atoms with Crippen LogP contribution in [0, 0.1) is 0 Å². The van der Waals surface area contributed by atoms with Crippen LogP contribution >= 0.6 is 11.8 Å². The van der Waals surface area contributed by atoms with Crippen molar-refractivity contribution in [3.05, 3.63) is 78.6 Å². The van der Waals surface area contributed by atoms with Gasteiger partial charge in [-0.25, -0.2) is 4.98 Å². The Morgan fingerprint density at radius 3 is 2.77 bits per heavy atom. The molecule has 6 rings (SSSR count). The van der Waals surface area contributed by atoms with Crippen LogP contribution in [0.5, 0.6) is 5.75 Å². The van der Waals surface area contributed by atoms with Gasteiger partial charge in [-0.1, -0.05) is 42.1 Å². The average Bonchev–Trinajstić information content (AvgIpc) is 3.55. The molecule has 0 fully saturated rings. The minimum atomic E-state index is -0.377. The maximum Gasteiger partial charge on any atom is 0.265 e. The lowest BCUT2D eigenvalue weighted by atomic mass is 10.1. The summed E-state index contributed by atoms with van der Waals surface area (Å²) in [6.07, 6.45) is 0. The largest absolute Gasteiger partial charge is 0.482 e. The van der Waals surface area contributed by atoms with E-state index in [9.17, 15) is 9.59 Å². The molecule has 3 heterocycles. The highest BCUT2D eigenvalue weighted by atomic mass is 32.2. The summed E-state index contributed by atoms with van der Waals surface area (Å²) in [5.74, 6) is 1.53. The smallest absolute Gasteiger partial charge is 0.265 e. The Balaban J connectivity index is 1.12. The quantitative estimate of drug-likeness (QED) is 0.292. The van der Waals surface area contributed by atoms with Crippen LogP contribution in [0.1, 0.15) is 18.8 Å². The second-order valence-corrected chi connectivity index (χ2v) is 9.94. The number of hydrogen-bond acceptors (Lipinski definition) is 8. The van der Waals surface area contributed by atoms with E-state index in [1.54, 1.807) is 4.90 Å². The van der Waals surface area contributed by atoms with Gasteiger partial charge >= 0.3 is 0 Å². The highest BCUT2D eigenvalue weighted by Crippen LogP contribution is 2.37. The number of amides is 2. The van der Waals surface area contributed by atoms with Gasteiger partial charge in [-0.05, 0) is 49.4 Å². The molecule has 0 saturated heterocycles. The Kier molecular flexibility index (Phi) is 6.49. The lowest BCUT2D eigenvalue weighted by molar-refractivity contribution is -0.121. The third kappa shape index (κ3) is 4.84. The Morgan fingerprint density at radius 2 is 1.90 bits per heavy atom. The number of carbonyl (C=O) groups excluding carboxylic acids is 2. The van der Waals surface area contributed by atoms with Gasteiger partial charge in [-0.2, -0.15) is 0 Å². The number of thioether (sulfide) groups is 1. The number of carbonyl (C=O) groups is 2. The average molecular weight is 541 g/mol. The van der Waals surface area contributed by atoms with Crippen molar-refractivity contribution >= 4 is 46.1 Å². The van der Waals surface area contributed by atoms with Crippen molar-refractivity contribution in [3.63, 3.8) is 0 Å². The van der Waals surface area contributed by atoms with Crippen molar-refractivity contribution in [2.75, 3.05) is 22.6 Å². The maximum atomic E-state index is 12.8. The fourth-order valence-corrected chi connectivity index (χ4v) is 5.25. The zero-order chi connectivity index (χ0) is 26.9. The van der Waals surface area contributed by atoms with Crippen molar-refractivity contribution in [2.24, 2.45) is 7.05 Å². The normalized spacial score (nSPS) is 13.7. The van der Waals surface area contributed by atoms with E-state index in [0.717, 1.165) is 11.1 Å². The monoisotopic (exact) mass is 540 g/mol. The van der Waals surface area contributed by atoms with Crippen LogP contribution in [0.25, 0.3) is 22.6 Å². The van der Waals surface area contributed by atoms with Gasteiger partial charge in [0.1, 0.15) is 11.3 Å². The van der Waals surface area contributed by atoms with E-state index < -0.39 is 0 Å². The number of hydrogen-bond donors (Lipinski definition) is 1. The van der Waals surface area contributed by atoms with E-state index in [4.69, 9.17) is 9.15 Å². The van der Waals surface area contributed by atoms with Crippen molar-refractivity contribution in [2.45, 2.75) is 18.1 Å². The SMILES string of the molecule is C[C@H](c1nnc(SCC(=O)Nc2cccc(-c3nc4ccccc4o3)c2)n1C)N1C(=O)COc2ccccc21. The highest BCUT2D eigenvalue weighted by molar-refractivity contribution is 7.99. The number of nitrogens with one attached hydrogen (secondary N) is 1. The first-order valence-corrected chi connectivity index (χ1v) is 13.3. The standard InChI is InChI=1S/C28H24N6O4S/c1-17(34-21-11-4-6-13-23(21)37-15-25(34)36)26-31-32-28(33(26)2)39-16-24(35)29-19-9-7-8-18(14-19)27-30-20-10-3-5-12-22(20)38-27/h3-14,17H,15-16H2,1-2H3,(H,29,35)/t17-/m1/s1. The third-order valence-electron chi connectivity index (χ3n) is 6.39. The molecule has 2 amide bonds. The fourth-order valence-electron chi connectivity index (χ4n) is 4.53. The molecule has 10 nitrogen and oxygen atoms in total. The van der Waals surface area contributed by atoms with Crippen LogP contribution < -0.4 is 15.0 Å². The lowest BCUT2D eigenvalue weighted by Crippen LogP contribution is -2.41. The van der Waals surface area contributed by atoms with Crippen LogP contribution in [0.3, 0.4) is 0 Å². The minimum absolute atomic E-state index is 0.0331. The van der Waals surface area contributed by atoms with Crippen LogP contribution in [-0.2, 0) is 16.6 Å². The zero-order valence-corrected chi connectivity index (χ0v) is 22.0. The van der Waals surface area contributed by atoms with E-state index in [-0.39, 0.29) is 30.2 Å². The molecule has 1 N–H and O–H groups in total. The van der Waals surface area contributed by atoms with E-state index in [1.807, 2.05) is 91.3 Å². The van der Waals surface area contributed by atoms with Crippen molar-refractivity contribution in [1.82, 2.24) is 19.7 Å². The molecule has 0 aliphatic carbocycles. The van der Waals surface area contributed by atoms with E-state index in [0.29, 0.717) is 39.6 Å². The van der Waals surface area contributed by atoms with Crippen LogP contribution in [-0.4, -0.2) is 43.9 Å². The molecule has 0 radical (unpaired) electrons. The first-order chi connectivity index (χ1) is 19.0. The molecular formula is C28H24N6O4S. The predicted octanol–water partition coefficient (Wildman–Crippen LogP) is 4.84. The van der Waals surface area contributed by atoms with E-state index in [2.05, 4.69) is 20.5 Å². The summed E-state index contributed by atoms with van der Waals surface area (Å²) in [6.45, 7) is 1.86. The van der Waals surface area contributed by atoms with Gasteiger partial charge in [0.15, 0.2) is 23.2 Å². The number of aromatic nitrogens is 4. The number of fused-ring (bicyclic) bond motifs is 2. The summed E-state index contributed by atoms with van der Waals surface area (Å²) in [7, 11) is 1.83. The number of para-hydroxylation sites is 4. The molecule has 5 aromatic rings. The first kappa shape index (κ1) is 24.7. The summed E-state index contributed by atoms with van der Waals surface area (Å²) in [6, 6.07) is 22.0.